The van der Waals surface area contributed by atoms with Crippen LogP contribution in [0.25, 0.3) is 11.1 Å². The summed E-state index contributed by atoms with van der Waals surface area (Å²) in [6.07, 6.45) is 15.1. The summed E-state index contributed by atoms with van der Waals surface area (Å²) in [5.74, 6) is 0. The van der Waals surface area contributed by atoms with Crippen molar-refractivity contribution in [3.05, 3.63) is 156 Å². The maximum absolute atomic E-state index is 4.37. The second-order valence-corrected chi connectivity index (χ2v) is 7.57. The van der Waals surface area contributed by atoms with Crippen LogP contribution in [-0.2, 0) is 19.5 Å². The van der Waals surface area contributed by atoms with Crippen LogP contribution in [0.4, 0.5) is 0 Å². The Morgan fingerprint density at radius 1 is 0.514 bits per heavy atom. The van der Waals surface area contributed by atoms with Gasteiger partial charge in [-0.2, -0.15) is 12.4 Å². The summed E-state index contributed by atoms with van der Waals surface area (Å²) in [5.41, 5.74) is 8.32. The summed E-state index contributed by atoms with van der Waals surface area (Å²) in [6.45, 7) is 0. The van der Waals surface area contributed by atoms with Crippen molar-refractivity contribution in [3.8, 4) is 0 Å². The molecule has 0 saturated heterocycles. The number of allylic oxidation sites excluding steroid dienone is 4. The van der Waals surface area contributed by atoms with E-state index in [-0.39, 0.29) is 19.5 Å². The fourth-order valence-electron chi connectivity index (χ4n) is 3.86. The average Bonchev–Trinajstić information content (AvgIpc) is 3.71. The fraction of sp³-hybridized carbons (Fsp3) is 0. The molecule has 0 unspecified atom stereocenters. The summed E-state index contributed by atoms with van der Waals surface area (Å²) in [6, 6.07) is 28.4. The average molecular weight is 504 g/mol. The first-order valence-corrected chi connectivity index (χ1v) is 11.1. The Morgan fingerprint density at radius 3 is 1.26 bits per heavy atom. The van der Waals surface area contributed by atoms with E-state index in [0.29, 0.717) is 0 Å². The maximum atomic E-state index is 4.37. The van der Waals surface area contributed by atoms with Gasteiger partial charge in [-0.05, 0) is 46.6 Å². The number of rotatable bonds is 4. The molecule has 0 aliphatic carbocycles. The maximum Gasteiger partial charge on any atom is 2.00 e. The van der Waals surface area contributed by atoms with Gasteiger partial charge in [0.1, 0.15) is 0 Å². The molecule has 35 heavy (non-hydrogen) atoms. The predicted molar refractivity (Wildman–Crippen MR) is 140 cm³/mol. The number of benzene rings is 2. The van der Waals surface area contributed by atoms with E-state index in [2.05, 4.69) is 44.2 Å². The summed E-state index contributed by atoms with van der Waals surface area (Å²) < 4.78 is 0. The van der Waals surface area contributed by atoms with E-state index in [9.17, 15) is 0 Å². The third kappa shape index (κ3) is 5.71. The molecular formula is C30H22N4Zn. The number of aliphatic imine (C=N–C) groups is 2. The Hall–Kier alpha value is -4.08. The molecule has 0 atom stereocenters. The first kappa shape index (κ1) is 24.1. The second kappa shape index (κ2) is 11.9. The zero-order valence-corrected chi connectivity index (χ0v) is 22.2. The van der Waals surface area contributed by atoms with Gasteiger partial charge < -0.3 is 9.97 Å². The Kier molecular flexibility index (Phi) is 8.16. The van der Waals surface area contributed by atoms with Crippen molar-refractivity contribution in [1.29, 1.82) is 0 Å². The van der Waals surface area contributed by atoms with Gasteiger partial charge in [-0.3, -0.25) is 9.98 Å². The topological polar surface area (TPSA) is 52.9 Å². The van der Waals surface area contributed by atoms with Crippen LogP contribution in [0.15, 0.2) is 143 Å². The van der Waals surface area contributed by atoms with Gasteiger partial charge in [0, 0.05) is 12.4 Å². The first-order valence-electron chi connectivity index (χ1n) is 11.1. The molecule has 0 radical (unpaired) electrons. The van der Waals surface area contributed by atoms with E-state index >= 15 is 0 Å². The van der Waals surface area contributed by atoms with Crippen LogP contribution in [0, 0.1) is 0 Å². The van der Waals surface area contributed by atoms with Crippen molar-refractivity contribution in [2.24, 2.45) is 9.98 Å². The third-order valence-electron chi connectivity index (χ3n) is 5.36. The van der Waals surface area contributed by atoms with E-state index in [0.717, 1.165) is 45.1 Å². The molecule has 2 aliphatic rings. The minimum Gasteiger partial charge on any atom is -0.664 e. The zero-order chi connectivity index (χ0) is 23.0. The summed E-state index contributed by atoms with van der Waals surface area (Å²) in [5, 5.41) is 0. The molecule has 0 saturated carbocycles. The van der Waals surface area contributed by atoms with Crippen LogP contribution in [0.3, 0.4) is 0 Å². The molecular weight excluding hydrogens is 482 g/mol. The number of hydrogen-bond acceptors (Lipinski definition) is 2. The summed E-state index contributed by atoms with van der Waals surface area (Å²) in [7, 11) is 0. The van der Waals surface area contributed by atoms with Gasteiger partial charge in [0.05, 0.1) is 11.4 Å². The smallest absolute Gasteiger partial charge is 0.664 e. The van der Waals surface area contributed by atoms with Gasteiger partial charge in [-0.1, -0.05) is 84.9 Å². The minimum atomic E-state index is 0. The van der Waals surface area contributed by atoms with Crippen LogP contribution in [-0.4, -0.2) is 12.4 Å². The predicted octanol–water partition coefficient (Wildman–Crippen LogP) is 6.09. The molecule has 0 N–H and O–H groups in total. The molecule has 2 aliphatic heterocycles. The van der Waals surface area contributed by atoms with Crippen molar-refractivity contribution in [2.75, 3.05) is 0 Å². The molecule has 6 rings (SSSR count). The third-order valence-corrected chi connectivity index (χ3v) is 5.36. The van der Waals surface area contributed by atoms with Gasteiger partial charge in [-0.15, -0.1) is 11.4 Å². The molecule has 4 nitrogen and oxygen atoms in total. The fourth-order valence-corrected chi connectivity index (χ4v) is 3.86. The van der Waals surface area contributed by atoms with Crippen molar-refractivity contribution < 1.29 is 19.5 Å². The normalized spacial score (nSPS) is 16.0. The van der Waals surface area contributed by atoms with Gasteiger partial charge >= 0.3 is 19.5 Å². The van der Waals surface area contributed by atoms with E-state index in [1.807, 2.05) is 85.0 Å². The summed E-state index contributed by atoms with van der Waals surface area (Å²) in [4.78, 5) is 17.5. The molecule has 2 aromatic heterocycles. The Morgan fingerprint density at radius 2 is 0.943 bits per heavy atom. The molecule has 4 aromatic rings. The van der Waals surface area contributed by atoms with E-state index in [4.69, 9.17) is 0 Å². The molecule has 4 heterocycles. The van der Waals surface area contributed by atoms with Crippen molar-refractivity contribution in [1.82, 2.24) is 9.97 Å². The van der Waals surface area contributed by atoms with Crippen LogP contribution in [0.1, 0.15) is 22.5 Å². The van der Waals surface area contributed by atoms with Crippen LogP contribution in [0.2, 0.25) is 0 Å². The van der Waals surface area contributed by atoms with Gasteiger partial charge in [0.15, 0.2) is 0 Å². The molecule has 0 fully saturated rings. The Bertz CT molecular complexity index is 1260. The van der Waals surface area contributed by atoms with E-state index in [1.54, 1.807) is 24.8 Å². The van der Waals surface area contributed by atoms with Crippen LogP contribution >= 0.6 is 0 Å². The van der Waals surface area contributed by atoms with Gasteiger partial charge in [0.25, 0.3) is 0 Å². The SMILES string of the molecule is C1=C/C(=C(\c2ccccc2)c2ccc[n-]2)N=C1.C1=C/C(=C(\c2ccccc2)c2ccc[n-]2)N=C1.[Zn+2]. The van der Waals surface area contributed by atoms with E-state index in [1.165, 1.54) is 0 Å². The molecule has 0 bridgehead atoms. The molecule has 0 spiro atoms. The monoisotopic (exact) mass is 502 g/mol. The number of nitrogens with zero attached hydrogens (tertiary/aromatic N) is 4. The van der Waals surface area contributed by atoms with Crippen molar-refractivity contribution in [3.63, 3.8) is 0 Å². The van der Waals surface area contributed by atoms with Crippen molar-refractivity contribution in [2.45, 2.75) is 0 Å². The van der Waals surface area contributed by atoms with Crippen molar-refractivity contribution >= 4 is 23.6 Å². The minimum absolute atomic E-state index is 0. The summed E-state index contributed by atoms with van der Waals surface area (Å²) >= 11 is 0. The zero-order valence-electron chi connectivity index (χ0n) is 19.2. The number of aromatic nitrogens is 2. The first-order chi connectivity index (χ1) is 16.9. The Balaban J connectivity index is 0.000000160. The van der Waals surface area contributed by atoms with Gasteiger partial charge in [0.2, 0.25) is 0 Å². The Labute approximate surface area is 218 Å². The molecule has 164 valence electrons. The second-order valence-electron chi connectivity index (χ2n) is 7.57. The largest absolute Gasteiger partial charge is 2.00 e. The molecule has 2 aromatic carbocycles. The molecule has 0 amide bonds. The standard InChI is InChI=1S/2C15H11N2.Zn/c2*1-2-6-12(7-3-1)15(13-8-4-10-16-13)14-9-5-11-17-14;/h2*1-11H;/q2*-1;+2/b2*15-13-;. The number of hydrogen-bond donors (Lipinski definition) is 0. The molecule has 5 heteroatoms. The van der Waals surface area contributed by atoms with Crippen LogP contribution < -0.4 is 9.97 Å². The van der Waals surface area contributed by atoms with E-state index < -0.39 is 0 Å². The quantitative estimate of drug-likeness (QED) is 0.317. The van der Waals surface area contributed by atoms with Gasteiger partial charge in [-0.25, -0.2) is 0 Å². The van der Waals surface area contributed by atoms with Crippen LogP contribution in [0.5, 0.6) is 0 Å².